The van der Waals surface area contributed by atoms with Crippen LogP contribution in [-0.4, -0.2) is 20.1 Å². The van der Waals surface area contributed by atoms with Gasteiger partial charge in [0.25, 0.3) is 5.91 Å². The SMILES string of the molecule is COc1ccc(CNC(=O)/C(C#N)=C/c2cc(Br)ccc2OCc2cccc(F)c2)c(OC)c1. The van der Waals surface area contributed by atoms with E-state index in [0.29, 0.717) is 28.4 Å². The van der Waals surface area contributed by atoms with E-state index < -0.39 is 5.91 Å². The number of halogens is 2. The molecule has 0 bridgehead atoms. The molecule has 8 heteroatoms. The van der Waals surface area contributed by atoms with Gasteiger partial charge in [-0.1, -0.05) is 28.1 Å². The highest BCUT2D eigenvalue weighted by molar-refractivity contribution is 9.10. The zero-order valence-corrected chi connectivity index (χ0v) is 20.2. The zero-order valence-electron chi connectivity index (χ0n) is 18.6. The first kappa shape index (κ1) is 24.8. The van der Waals surface area contributed by atoms with Crippen molar-refractivity contribution < 1.29 is 23.4 Å². The van der Waals surface area contributed by atoms with Crippen molar-refractivity contribution in [3.63, 3.8) is 0 Å². The van der Waals surface area contributed by atoms with Crippen molar-refractivity contribution in [2.45, 2.75) is 13.2 Å². The van der Waals surface area contributed by atoms with Gasteiger partial charge in [0.1, 0.15) is 41.3 Å². The van der Waals surface area contributed by atoms with E-state index in [9.17, 15) is 14.4 Å². The molecule has 0 spiro atoms. The Morgan fingerprint density at radius 3 is 2.62 bits per heavy atom. The molecule has 0 aliphatic heterocycles. The van der Waals surface area contributed by atoms with Gasteiger partial charge >= 0.3 is 0 Å². The maximum absolute atomic E-state index is 13.4. The highest BCUT2D eigenvalue weighted by atomic mass is 79.9. The lowest BCUT2D eigenvalue weighted by atomic mass is 10.1. The summed E-state index contributed by atoms with van der Waals surface area (Å²) in [4.78, 5) is 12.7. The summed E-state index contributed by atoms with van der Waals surface area (Å²) >= 11 is 3.40. The van der Waals surface area contributed by atoms with E-state index in [1.807, 2.05) is 6.07 Å². The second-order valence-corrected chi connectivity index (χ2v) is 8.05. The Morgan fingerprint density at radius 1 is 1.09 bits per heavy atom. The van der Waals surface area contributed by atoms with Crippen LogP contribution in [0.3, 0.4) is 0 Å². The first-order valence-electron chi connectivity index (χ1n) is 10.2. The van der Waals surface area contributed by atoms with E-state index in [-0.39, 0.29) is 24.5 Å². The molecule has 0 fully saturated rings. The van der Waals surface area contributed by atoms with Crippen molar-refractivity contribution in [2.75, 3.05) is 14.2 Å². The summed E-state index contributed by atoms with van der Waals surface area (Å²) in [6.45, 7) is 0.290. The van der Waals surface area contributed by atoms with Crippen LogP contribution < -0.4 is 19.5 Å². The lowest BCUT2D eigenvalue weighted by molar-refractivity contribution is -0.117. The normalized spacial score (nSPS) is 10.9. The van der Waals surface area contributed by atoms with E-state index in [1.165, 1.54) is 25.3 Å². The smallest absolute Gasteiger partial charge is 0.262 e. The van der Waals surface area contributed by atoms with E-state index in [0.717, 1.165) is 10.0 Å². The second-order valence-electron chi connectivity index (χ2n) is 7.13. The maximum atomic E-state index is 13.4. The Bertz CT molecular complexity index is 1250. The second kappa shape index (κ2) is 11.9. The molecule has 0 saturated heterocycles. The first-order chi connectivity index (χ1) is 16.4. The largest absolute Gasteiger partial charge is 0.497 e. The summed E-state index contributed by atoms with van der Waals surface area (Å²) in [6.07, 6.45) is 1.45. The summed E-state index contributed by atoms with van der Waals surface area (Å²) in [5, 5.41) is 12.3. The van der Waals surface area contributed by atoms with Crippen LogP contribution in [0.1, 0.15) is 16.7 Å². The molecule has 34 heavy (non-hydrogen) atoms. The molecule has 3 aromatic carbocycles. The van der Waals surface area contributed by atoms with Gasteiger partial charge in [0, 0.05) is 28.2 Å². The van der Waals surface area contributed by atoms with Crippen LogP contribution in [-0.2, 0) is 17.9 Å². The van der Waals surface area contributed by atoms with Crippen LogP contribution in [0.25, 0.3) is 6.08 Å². The number of carbonyl (C=O) groups is 1. The Morgan fingerprint density at radius 2 is 1.91 bits per heavy atom. The van der Waals surface area contributed by atoms with Gasteiger partial charge in [0.05, 0.1) is 14.2 Å². The lowest BCUT2D eigenvalue weighted by Crippen LogP contribution is -2.24. The molecule has 1 N–H and O–H groups in total. The third-order valence-corrected chi connectivity index (χ3v) is 5.35. The molecule has 0 saturated carbocycles. The van der Waals surface area contributed by atoms with Crippen LogP contribution in [0, 0.1) is 17.1 Å². The predicted octanol–water partition coefficient (Wildman–Crippen LogP) is 5.41. The van der Waals surface area contributed by atoms with Crippen molar-refractivity contribution in [3.8, 4) is 23.3 Å². The van der Waals surface area contributed by atoms with Crippen molar-refractivity contribution in [2.24, 2.45) is 0 Å². The Hall–Kier alpha value is -3.83. The lowest BCUT2D eigenvalue weighted by Gasteiger charge is -2.12. The number of rotatable bonds is 9. The number of benzene rings is 3. The molecule has 0 heterocycles. The molecule has 0 unspecified atom stereocenters. The molecule has 0 aliphatic rings. The number of nitrogens with one attached hydrogen (secondary N) is 1. The third kappa shape index (κ3) is 6.59. The number of hydrogen-bond donors (Lipinski definition) is 1. The van der Waals surface area contributed by atoms with Crippen LogP contribution in [0.5, 0.6) is 17.2 Å². The quantitative estimate of drug-likeness (QED) is 0.299. The molecule has 6 nitrogen and oxygen atoms in total. The zero-order chi connectivity index (χ0) is 24.5. The van der Waals surface area contributed by atoms with Gasteiger partial charge in [-0.25, -0.2) is 4.39 Å². The van der Waals surface area contributed by atoms with Crippen molar-refractivity contribution in [1.82, 2.24) is 5.32 Å². The molecule has 174 valence electrons. The van der Waals surface area contributed by atoms with Crippen LogP contribution in [0.2, 0.25) is 0 Å². The van der Waals surface area contributed by atoms with Gasteiger partial charge in [-0.15, -0.1) is 0 Å². The van der Waals surface area contributed by atoms with Crippen LogP contribution in [0.4, 0.5) is 4.39 Å². The van der Waals surface area contributed by atoms with E-state index >= 15 is 0 Å². The molecule has 3 aromatic rings. The minimum atomic E-state index is -0.545. The topological polar surface area (TPSA) is 80.6 Å². The fourth-order valence-electron chi connectivity index (χ4n) is 3.12. The average molecular weight is 525 g/mol. The molecule has 1 amide bonds. The van der Waals surface area contributed by atoms with Gasteiger partial charge in [0.2, 0.25) is 0 Å². The van der Waals surface area contributed by atoms with E-state index in [4.69, 9.17) is 14.2 Å². The molecule has 0 aromatic heterocycles. The summed E-state index contributed by atoms with van der Waals surface area (Å²) in [5.41, 5.74) is 1.82. The average Bonchev–Trinajstić information content (AvgIpc) is 2.85. The van der Waals surface area contributed by atoms with Gasteiger partial charge < -0.3 is 19.5 Å². The summed E-state index contributed by atoms with van der Waals surface area (Å²) in [7, 11) is 3.08. The number of carbonyl (C=O) groups excluding carboxylic acids is 1. The summed E-state index contributed by atoms with van der Waals surface area (Å²) < 4.78 is 30.6. The van der Waals surface area contributed by atoms with Crippen molar-refractivity contribution in [3.05, 3.63) is 93.2 Å². The van der Waals surface area contributed by atoms with Crippen molar-refractivity contribution in [1.29, 1.82) is 5.26 Å². The van der Waals surface area contributed by atoms with E-state index in [2.05, 4.69) is 21.2 Å². The fourth-order valence-corrected chi connectivity index (χ4v) is 3.50. The number of amides is 1. The monoisotopic (exact) mass is 524 g/mol. The molecule has 0 radical (unpaired) electrons. The molecule has 0 atom stereocenters. The van der Waals surface area contributed by atoms with Gasteiger partial charge in [0.15, 0.2) is 0 Å². The third-order valence-electron chi connectivity index (χ3n) is 4.85. The highest BCUT2D eigenvalue weighted by Gasteiger charge is 2.13. The Balaban J connectivity index is 1.77. The summed E-state index contributed by atoms with van der Waals surface area (Å²) in [6, 6.07) is 18.5. The Kier molecular flexibility index (Phi) is 8.66. The van der Waals surface area contributed by atoms with Crippen molar-refractivity contribution >= 4 is 27.9 Å². The van der Waals surface area contributed by atoms with E-state index in [1.54, 1.807) is 55.6 Å². The molecular formula is C26H22BrFN2O4. The maximum Gasteiger partial charge on any atom is 0.262 e. The molecule has 3 rings (SSSR count). The highest BCUT2D eigenvalue weighted by Crippen LogP contribution is 2.27. The fraction of sp³-hybridized carbons (Fsp3) is 0.154. The molecular weight excluding hydrogens is 503 g/mol. The number of ether oxygens (including phenoxy) is 3. The summed E-state index contributed by atoms with van der Waals surface area (Å²) in [5.74, 6) is 0.738. The number of nitriles is 1. The number of methoxy groups -OCH3 is 2. The molecule has 0 aliphatic carbocycles. The van der Waals surface area contributed by atoms with Gasteiger partial charge in [-0.05, 0) is 54.1 Å². The van der Waals surface area contributed by atoms with Crippen LogP contribution in [0.15, 0.2) is 70.7 Å². The minimum Gasteiger partial charge on any atom is -0.497 e. The first-order valence-corrected chi connectivity index (χ1v) is 11.0. The predicted molar refractivity (Wildman–Crippen MR) is 130 cm³/mol. The minimum absolute atomic E-state index is 0.0961. The number of hydrogen-bond acceptors (Lipinski definition) is 5. The van der Waals surface area contributed by atoms with Gasteiger partial charge in [-0.2, -0.15) is 5.26 Å². The standard InChI is InChI=1S/C26H22BrFN2O4/c1-32-23-8-6-18(25(13-23)33-2)15-30-26(31)20(14-29)11-19-12-21(27)7-9-24(19)34-16-17-4-3-5-22(28)10-17/h3-13H,15-16H2,1-2H3,(H,30,31)/b20-11+. The van der Waals surface area contributed by atoms with Crippen LogP contribution >= 0.6 is 15.9 Å². The number of nitrogens with zero attached hydrogens (tertiary/aromatic N) is 1. The van der Waals surface area contributed by atoms with Gasteiger partial charge in [-0.3, -0.25) is 4.79 Å². The Labute approximate surface area is 205 Å².